The van der Waals surface area contributed by atoms with E-state index in [2.05, 4.69) is 47.3 Å². The van der Waals surface area contributed by atoms with E-state index < -0.39 is 14.0 Å². The number of hydrogen-bond acceptors (Lipinski definition) is 4. The number of esters is 1. The molecule has 166 valence electrons. The lowest BCUT2D eigenvalue weighted by Gasteiger charge is -2.23. The van der Waals surface area contributed by atoms with Crippen LogP contribution in [0.15, 0.2) is 11.0 Å². The average Bonchev–Trinajstić information content (AvgIpc) is 2.63. The molecule has 0 aliphatic heterocycles. The van der Waals surface area contributed by atoms with E-state index in [0.717, 1.165) is 28.3 Å². The molecule has 0 atom stereocenters. The summed E-state index contributed by atoms with van der Waals surface area (Å²) in [5, 5.41) is 0.591. The molecule has 1 heterocycles. The highest BCUT2D eigenvalue weighted by Gasteiger charge is 2.23. The summed E-state index contributed by atoms with van der Waals surface area (Å²) in [5.74, 6) is -0.253. The maximum Gasteiger partial charge on any atom is 0.343 e. The number of rotatable bonds is 8. The van der Waals surface area contributed by atoms with Gasteiger partial charge in [-0.1, -0.05) is 33.5 Å². The molecule has 1 aromatic carbocycles. The molecule has 1 aromatic heterocycles. The molecule has 0 unspecified atom stereocenters. The third-order valence-corrected chi connectivity index (χ3v) is 7.38. The first-order valence-corrected chi connectivity index (χ1v) is 14.5. The van der Waals surface area contributed by atoms with E-state index in [4.69, 9.17) is 9.47 Å². The second-order valence-corrected chi connectivity index (χ2v) is 15.2. The molecule has 0 N–H and O–H groups in total. The Morgan fingerprint density at radius 2 is 1.73 bits per heavy atom. The van der Waals surface area contributed by atoms with Gasteiger partial charge in [-0.25, -0.2) is 4.79 Å². The van der Waals surface area contributed by atoms with Crippen molar-refractivity contribution >= 4 is 24.9 Å². The summed E-state index contributed by atoms with van der Waals surface area (Å²) < 4.78 is 13.1. The lowest BCUT2D eigenvalue weighted by Crippen LogP contribution is -2.25. The molecule has 0 aliphatic carbocycles. The monoisotopic (exact) mass is 431 g/mol. The molecule has 0 saturated carbocycles. The van der Waals surface area contributed by atoms with Gasteiger partial charge >= 0.3 is 5.97 Å². The van der Waals surface area contributed by atoms with Gasteiger partial charge in [-0.3, -0.25) is 4.79 Å². The first-order chi connectivity index (χ1) is 13.9. The van der Waals surface area contributed by atoms with Crippen LogP contribution >= 0.6 is 0 Å². The Kier molecular flexibility index (Phi) is 7.69. The van der Waals surface area contributed by atoms with Gasteiger partial charge < -0.3 is 14.0 Å². The van der Waals surface area contributed by atoms with Gasteiger partial charge in [0.15, 0.2) is 0 Å². The van der Waals surface area contributed by atoms with E-state index in [1.165, 1.54) is 5.56 Å². The summed E-state index contributed by atoms with van der Waals surface area (Å²) in [7, 11) is -1.21. The van der Waals surface area contributed by atoms with Crippen LogP contribution in [0.3, 0.4) is 0 Å². The minimum Gasteiger partial charge on any atom is -0.462 e. The average molecular weight is 432 g/mol. The number of aromatic nitrogens is 1. The fourth-order valence-electron chi connectivity index (χ4n) is 4.08. The fourth-order valence-corrected chi connectivity index (χ4v) is 4.83. The highest BCUT2D eigenvalue weighted by Crippen LogP contribution is 2.32. The quantitative estimate of drug-likeness (QED) is 0.313. The van der Waals surface area contributed by atoms with E-state index in [1.54, 1.807) is 13.1 Å². The third kappa shape index (κ3) is 5.03. The lowest BCUT2D eigenvalue weighted by molar-refractivity contribution is 0.0521. The van der Waals surface area contributed by atoms with Crippen molar-refractivity contribution in [1.82, 2.24) is 4.57 Å². The van der Waals surface area contributed by atoms with Crippen molar-refractivity contribution in [3.05, 3.63) is 44.2 Å². The van der Waals surface area contributed by atoms with Gasteiger partial charge in [0.25, 0.3) is 0 Å². The number of fused-ring (bicyclic) bond motifs is 1. The summed E-state index contributed by atoms with van der Waals surface area (Å²) in [5.41, 5.74) is 5.01. The lowest BCUT2D eigenvalue weighted by atomic mass is 9.87. The molecule has 0 spiro atoms. The Hall–Kier alpha value is -1.92. The van der Waals surface area contributed by atoms with Crippen LogP contribution in [0.4, 0.5) is 0 Å². The maximum absolute atomic E-state index is 13.3. The summed E-state index contributed by atoms with van der Waals surface area (Å²) in [6.45, 7) is 20.3. The predicted octanol–water partition coefficient (Wildman–Crippen LogP) is 5.54. The molecule has 0 bridgehead atoms. The third-order valence-electron chi connectivity index (χ3n) is 5.68. The first-order valence-electron chi connectivity index (χ1n) is 10.8. The minimum absolute atomic E-state index is 0.0670. The summed E-state index contributed by atoms with van der Waals surface area (Å²) in [4.78, 5) is 25.8. The van der Waals surface area contributed by atoms with Crippen LogP contribution in [0.25, 0.3) is 10.9 Å². The summed E-state index contributed by atoms with van der Waals surface area (Å²) in [6, 6.07) is 1.06. The number of hydrogen-bond donors (Lipinski definition) is 0. The van der Waals surface area contributed by atoms with Crippen molar-refractivity contribution in [3.63, 3.8) is 0 Å². The zero-order valence-electron chi connectivity index (χ0n) is 20.1. The van der Waals surface area contributed by atoms with Gasteiger partial charge in [0.05, 0.1) is 17.5 Å². The normalized spacial score (nSPS) is 12.1. The second-order valence-electron chi connectivity index (χ2n) is 9.58. The number of ether oxygens (including phenoxy) is 2. The molecule has 6 heteroatoms. The van der Waals surface area contributed by atoms with Crippen LogP contribution in [-0.4, -0.2) is 31.8 Å². The molecule has 0 radical (unpaired) electrons. The van der Waals surface area contributed by atoms with Crippen LogP contribution in [0.2, 0.25) is 25.7 Å². The summed E-state index contributed by atoms with van der Waals surface area (Å²) >= 11 is 0. The highest BCUT2D eigenvalue weighted by atomic mass is 28.3. The minimum atomic E-state index is -1.21. The van der Waals surface area contributed by atoms with E-state index >= 15 is 0 Å². The molecular formula is C24H37NO4Si. The van der Waals surface area contributed by atoms with Gasteiger partial charge in [-0.05, 0) is 61.9 Å². The SMILES string of the molecule is CCOC(=O)c1cn(COCC[Si](C)(C)C)c2c(C)c(C(C)C)c(C)c(C)c2c1=O. The molecule has 0 fully saturated rings. The molecule has 0 saturated heterocycles. The Morgan fingerprint density at radius 3 is 2.27 bits per heavy atom. The van der Waals surface area contributed by atoms with E-state index in [9.17, 15) is 9.59 Å². The van der Waals surface area contributed by atoms with Gasteiger partial charge in [0, 0.05) is 20.9 Å². The Bertz CT molecular complexity index is 999. The Labute approximate surface area is 181 Å². The zero-order valence-corrected chi connectivity index (χ0v) is 21.1. The number of aryl methyl sites for hydroxylation is 2. The number of carbonyl (C=O) groups excluding carboxylic acids is 1. The zero-order chi connectivity index (χ0) is 22.8. The van der Waals surface area contributed by atoms with Gasteiger partial charge in [0.1, 0.15) is 12.3 Å². The van der Waals surface area contributed by atoms with Gasteiger partial charge in [0.2, 0.25) is 5.43 Å². The van der Waals surface area contributed by atoms with Gasteiger partial charge in [-0.2, -0.15) is 0 Å². The molecule has 5 nitrogen and oxygen atoms in total. The topological polar surface area (TPSA) is 57.5 Å². The van der Waals surface area contributed by atoms with Crippen LogP contribution in [0.1, 0.15) is 59.3 Å². The van der Waals surface area contributed by atoms with E-state index in [-0.39, 0.29) is 17.6 Å². The van der Waals surface area contributed by atoms with Crippen LogP contribution < -0.4 is 5.43 Å². The number of benzene rings is 1. The van der Waals surface area contributed by atoms with Crippen molar-refractivity contribution in [3.8, 4) is 0 Å². The smallest absolute Gasteiger partial charge is 0.343 e. The van der Waals surface area contributed by atoms with Crippen molar-refractivity contribution in [2.45, 2.75) is 79.9 Å². The number of carbonyl (C=O) groups is 1. The molecule has 2 rings (SSSR count). The standard InChI is InChI=1S/C24H37NO4Si/c1-10-29-24(27)19-13-25(14-28-11-12-30(7,8)9)22-18(6)20(15(2)3)16(4)17(5)21(22)23(19)26/h13,15H,10-12,14H2,1-9H3. The van der Waals surface area contributed by atoms with Crippen LogP contribution in [0, 0.1) is 20.8 Å². The maximum atomic E-state index is 13.3. The van der Waals surface area contributed by atoms with E-state index in [1.807, 2.05) is 11.5 Å². The fraction of sp³-hybridized carbons (Fsp3) is 0.583. The summed E-state index contributed by atoms with van der Waals surface area (Å²) in [6.07, 6.45) is 1.61. The van der Waals surface area contributed by atoms with Crippen molar-refractivity contribution in [2.75, 3.05) is 13.2 Å². The predicted molar refractivity (Wildman–Crippen MR) is 127 cm³/mol. The largest absolute Gasteiger partial charge is 0.462 e. The first kappa shape index (κ1) is 24.3. The Balaban J connectivity index is 2.73. The molecule has 0 aliphatic rings. The molecule has 2 aromatic rings. The van der Waals surface area contributed by atoms with Gasteiger partial charge in [-0.15, -0.1) is 0 Å². The molecule has 30 heavy (non-hydrogen) atoms. The second kappa shape index (κ2) is 9.48. The van der Waals surface area contributed by atoms with Crippen molar-refractivity contribution < 1.29 is 14.3 Å². The highest BCUT2D eigenvalue weighted by molar-refractivity contribution is 6.76. The van der Waals surface area contributed by atoms with Crippen LogP contribution in [0.5, 0.6) is 0 Å². The van der Waals surface area contributed by atoms with E-state index in [0.29, 0.717) is 24.6 Å². The number of nitrogens with zero attached hydrogens (tertiary/aromatic N) is 1. The van der Waals surface area contributed by atoms with Crippen LogP contribution in [-0.2, 0) is 16.2 Å². The van der Waals surface area contributed by atoms with Crippen molar-refractivity contribution in [1.29, 1.82) is 0 Å². The molecule has 0 amide bonds. The molecular weight excluding hydrogens is 394 g/mol. The number of pyridine rings is 1. The van der Waals surface area contributed by atoms with Crippen molar-refractivity contribution in [2.24, 2.45) is 0 Å². The Morgan fingerprint density at radius 1 is 1.10 bits per heavy atom.